The van der Waals surface area contributed by atoms with Crippen LogP contribution in [0.15, 0.2) is 4.99 Å². The van der Waals surface area contributed by atoms with E-state index in [2.05, 4.69) is 15.3 Å². The van der Waals surface area contributed by atoms with Gasteiger partial charge >= 0.3 is 0 Å². The zero-order valence-corrected chi connectivity index (χ0v) is 10.3. The van der Waals surface area contributed by atoms with Crippen molar-refractivity contribution in [2.24, 2.45) is 16.5 Å². The molecule has 1 aliphatic rings. The number of aliphatic imine (C=N–C) groups is 1. The number of hydrogen-bond donors (Lipinski definition) is 3. The van der Waals surface area contributed by atoms with E-state index >= 15 is 0 Å². The first-order valence-corrected chi connectivity index (χ1v) is 4.86. The summed E-state index contributed by atoms with van der Waals surface area (Å²) in [6.07, 6.45) is 0.964. The van der Waals surface area contributed by atoms with E-state index in [0.717, 1.165) is 25.2 Å². The molecule has 0 atom stereocenters. The van der Waals surface area contributed by atoms with E-state index in [1.165, 1.54) is 4.88 Å². The van der Waals surface area contributed by atoms with Gasteiger partial charge in [0.15, 0.2) is 5.96 Å². The summed E-state index contributed by atoms with van der Waals surface area (Å²) in [5.41, 5.74) is 11.7. The van der Waals surface area contributed by atoms with Crippen molar-refractivity contribution in [3.63, 3.8) is 0 Å². The van der Waals surface area contributed by atoms with Crippen LogP contribution in [0.3, 0.4) is 0 Å². The van der Waals surface area contributed by atoms with Gasteiger partial charge in [-0.15, -0.1) is 24.8 Å². The molecule has 5 N–H and O–H groups in total. The quantitative estimate of drug-likeness (QED) is 0.513. The number of rotatable bonds is 1. The Labute approximate surface area is 104 Å². The minimum absolute atomic E-state index is 0. The van der Waals surface area contributed by atoms with Crippen LogP contribution in [-0.4, -0.2) is 17.5 Å². The summed E-state index contributed by atoms with van der Waals surface area (Å²) in [6, 6.07) is 0. The molecule has 5 nitrogen and oxygen atoms in total. The van der Waals surface area contributed by atoms with E-state index < -0.39 is 0 Å². The molecule has 2 rings (SSSR count). The Hall–Kier alpha value is -0.560. The van der Waals surface area contributed by atoms with Gasteiger partial charge in [0.2, 0.25) is 5.13 Å². The monoisotopic (exact) mass is 269 g/mol. The number of guanidine groups is 1. The third-order valence-corrected chi connectivity index (χ3v) is 2.81. The lowest BCUT2D eigenvalue weighted by molar-refractivity contribution is 0.644. The molecule has 8 heteroatoms. The maximum Gasteiger partial charge on any atom is 0.212 e. The number of thiazole rings is 1. The lowest BCUT2D eigenvalue weighted by Crippen LogP contribution is -2.22. The van der Waals surface area contributed by atoms with Crippen LogP contribution in [0.1, 0.15) is 10.6 Å². The van der Waals surface area contributed by atoms with E-state index in [1.54, 1.807) is 11.3 Å². The van der Waals surface area contributed by atoms with E-state index in [-0.39, 0.29) is 30.8 Å². The predicted octanol–water partition coefficient (Wildman–Crippen LogP) is 0.537. The molecule has 1 aromatic heterocycles. The molecular formula is C7H13Cl2N5S. The second-order valence-corrected chi connectivity index (χ2v) is 3.89. The fraction of sp³-hybridized carbons (Fsp3) is 0.429. The molecule has 0 fully saturated rings. The summed E-state index contributed by atoms with van der Waals surface area (Å²) < 4.78 is 0. The molecular weight excluding hydrogens is 257 g/mol. The van der Waals surface area contributed by atoms with Crippen molar-refractivity contribution in [1.29, 1.82) is 0 Å². The summed E-state index contributed by atoms with van der Waals surface area (Å²) in [5, 5.41) is 3.93. The summed E-state index contributed by atoms with van der Waals surface area (Å²) >= 11 is 1.54. The molecule has 0 aromatic carbocycles. The highest BCUT2D eigenvalue weighted by molar-refractivity contribution is 7.15. The minimum Gasteiger partial charge on any atom is -0.370 e. The number of nitrogens with one attached hydrogen (secondary N) is 1. The zero-order chi connectivity index (χ0) is 9.26. The topological polar surface area (TPSA) is 89.3 Å². The summed E-state index contributed by atoms with van der Waals surface area (Å²) in [4.78, 5) is 9.48. The lowest BCUT2D eigenvalue weighted by Gasteiger charge is -2.09. The second-order valence-electron chi connectivity index (χ2n) is 2.83. The Bertz CT molecular complexity index is 324. The molecule has 0 saturated heterocycles. The number of aromatic nitrogens is 1. The van der Waals surface area contributed by atoms with Gasteiger partial charge in [0, 0.05) is 24.4 Å². The van der Waals surface area contributed by atoms with Crippen LogP contribution in [0.5, 0.6) is 0 Å². The largest absolute Gasteiger partial charge is 0.370 e. The van der Waals surface area contributed by atoms with Crippen LogP contribution in [-0.2, 0) is 13.0 Å². The number of hydrogen-bond acceptors (Lipinski definition) is 4. The minimum atomic E-state index is 0. The van der Waals surface area contributed by atoms with Gasteiger partial charge in [0.1, 0.15) is 0 Å². The van der Waals surface area contributed by atoms with Crippen LogP contribution in [0.4, 0.5) is 5.13 Å². The molecule has 2 heterocycles. The van der Waals surface area contributed by atoms with Gasteiger partial charge in [-0.25, -0.2) is 4.98 Å². The van der Waals surface area contributed by atoms with Crippen LogP contribution in [0.2, 0.25) is 0 Å². The first-order chi connectivity index (χ1) is 6.25. The van der Waals surface area contributed by atoms with E-state index in [0.29, 0.717) is 5.13 Å². The standard InChI is InChI=1S/C7H11N5S.2ClH/c8-6(9)12-7-11-4-1-2-10-3-5(4)13-7;;/h10H,1-3H2,(H4,8,9,11,12);2*1H. The molecule has 0 spiro atoms. The molecule has 1 aromatic rings. The van der Waals surface area contributed by atoms with Crippen molar-refractivity contribution < 1.29 is 0 Å². The van der Waals surface area contributed by atoms with E-state index in [9.17, 15) is 0 Å². The highest BCUT2D eigenvalue weighted by atomic mass is 35.5. The third kappa shape index (κ3) is 3.49. The average molecular weight is 270 g/mol. The number of nitrogens with two attached hydrogens (primary N) is 2. The van der Waals surface area contributed by atoms with Gasteiger partial charge in [-0.05, 0) is 0 Å². The van der Waals surface area contributed by atoms with Gasteiger partial charge in [0.25, 0.3) is 0 Å². The highest BCUT2D eigenvalue weighted by Crippen LogP contribution is 2.27. The van der Waals surface area contributed by atoms with Crippen LogP contribution in [0.25, 0.3) is 0 Å². The van der Waals surface area contributed by atoms with Crippen molar-refractivity contribution in [1.82, 2.24) is 10.3 Å². The van der Waals surface area contributed by atoms with E-state index in [1.807, 2.05) is 0 Å². The van der Waals surface area contributed by atoms with Crippen molar-refractivity contribution in [2.45, 2.75) is 13.0 Å². The lowest BCUT2D eigenvalue weighted by atomic mass is 10.2. The van der Waals surface area contributed by atoms with Gasteiger partial charge in [-0.1, -0.05) is 11.3 Å². The van der Waals surface area contributed by atoms with Gasteiger partial charge < -0.3 is 16.8 Å². The normalized spacial score (nSPS) is 13.1. The molecule has 15 heavy (non-hydrogen) atoms. The fourth-order valence-corrected chi connectivity index (χ4v) is 2.24. The first kappa shape index (κ1) is 14.4. The van der Waals surface area contributed by atoms with Crippen LogP contribution in [0, 0.1) is 0 Å². The maximum absolute atomic E-state index is 5.26. The Morgan fingerprint density at radius 2 is 2.13 bits per heavy atom. The van der Waals surface area contributed by atoms with Crippen molar-refractivity contribution in [3.8, 4) is 0 Å². The summed E-state index contributed by atoms with van der Waals surface area (Å²) in [5.74, 6) is 0.0686. The van der Waals surface area contributed by atoms with Crippen LogP contribution < -0.4 is 16.8 Å². The number of nitrogens with zero attached hydrogens (tertiary/aromatic N) is 2. The van der Waals surface area contributed by atoms with Crippen molar-refractivity contribution in [3.05, 3.63) is 10.6 Å². The van der Waals surface area contributed by atoms with Gasteiger partial charge in [-0.3, -0.25) is 0 Å². The van der Waals surface area contributed by atoms with Crippen LogP contribution >= 0.6 is 36.2 Å². The predicted molar refractivity (Wildman–Crippen MR) is 67.5 cm³/mol. The summed E-state index contributed by atoms with van der Waals surface area (Å²) in [6.45, 7) is 1.87. The van der Waals surface area contributed by atoms with Crippen molar-refractivity contribution >= 4 is 47.2 Å². The van der Waals surface area contributed by atoms with Gasteiger partial charge in [-0.2, -0.15) is 4.99 Å². The average Bonchev–Trinajstić information content (AvgIpc) is 2.44. The molecule has 0 amide bonds. The Balaban J connectivity index is 0.000000980. The Morgan fingerprint density at radius 3 is 2.73 bits per heavy atom. The van der Waals surface area contributed by atoms with Crippen molar-refractivity contribution in [2.75, 3.05) is 6.54 Å². The van der Waals surface area contributed by atoms with Gasteiger partial charge in [0.05, 0.1) is 5.69 Å². The first-order valence-electron chi connectivity index (χ1n) is 4.04. The highest BCUT2D eigenvalue weighted by Gasteiger charge is 2.13. The molecule has 0 unspecified atom stereocenters. The fourth-order valence-electron chi connectivity index (χ4n) is 1.27. The maximum atomic E-state index is 5.26. The number of halogens is 2. The molecule has 0 radical (unpaired) electrons. The van der Waals surface area contributed by atoms with E-state index in [4.69, 9.17) is 11.5 Å². The molecule has 0 bridgehead atoms. The SMILES string of the molecule is Cl.Cl.NC(N)=Nc1nc2c(s1)CNCC2. The molecule has 0 aliphatic carbocycles. The Morgan fingerprint density at radius 1 is 1.40 bits per heavy atom. The second kappa shape index (κ2) is 6.12. The summed E-state index contributed by atoms with van der Waals surface area (Å²) in [7, 11) is 0. The third-order valence-electron chi connectivity index (χ3n) is 1.82. The zero-order valence-electron chi connectivity index (χ0n) is 7.90. The number of fused-ring (bicyclic) bond motifs is 1. The molecule has 0 saturated carbocycles. The Kier molecular flexibility index (Phi) is 5.89. The molecule has 86 valence electrons. The molecule has 1 aliphatic heterocycles. The smallest absolute Gasteiger partial charge is 0.212 e.